The van der Waals surface area contributed by atoms with Gasteiger partial charge in [-0.15, -0.1) is 0 Å². The highest BCUT2D eigenvalue weighted by Crippen LogP contribution is 2.37. The Morgan fingerprint density at radius 3 is 1.94 bits per heavy atom. The third-order valence-electron chi connectivity index (χ3n) is 3.14. The highest BCUT2D eigenvalue weighted by Gasteiger charge is 2.23. The summed E-state index contributed by atoms with van der Waals surface area (Å²) in [7, 11) is 0. The second-order valence-electron chi connectivity index (χ2n) is 6.73. The molecule has 1 nitrogen and oxygen atoms in total. The quantitative estimate of drug-likeness (QED) is 0.646. The first-order valence-electron chi connectivity index (χ1n) is 6.09. The van der Waals surface area contributed by atoms with Gasteiger partial charge in [-0.3, -0.25) is 0 Å². The van der Waals surface area contributed by atoms with Crippen LogP contribution in [0.15, 0.2) is 18.3 Å². The van der Waals surface area contributed by atoms with E-state index >= 15 is 0 Å². The van der Waals surface area contributed by atoms with E-state index in [9.17, 15) is 0 Å². The standard InChI is InChI=1S/C15H21NS/c1-14(2,3)11-7-8-12(15(4,5)6)13-10(11)9-16-17-13/h7-9H,1-6H3. The summed E-state index contributed by atoms with van der Waals surface area (Å²) >= 11 is 1.62. The number of aromatic nitrogens is 1. The average molecular weight is 247 g/mol. The molecule has 0 radical (unpaired) electrons. The molecule has 1 aromatic carbocycles. The zero-order valence-corrected chi connectivity index (χ0v) is 12.4. The molecule has 0 aliphatic heterocycles. The molecular formula is C15H21NS. The lowest BCUT2D eigenvalue weighted by Gasteiger charge is -2.24. The van der Waals surface area contributed by atoms with Crippen molar-refractivity contribution in [1.82, 2.24) is 4.37 Å². The van der Waals surface area contributed by atoms with Crippen molar-refractivity contribution >= 4 is 21.6 Å². The summed E-state index contributed by atoms with van der Waals surface area (Å²) < 4.78 is 5.74. The predicted octanol–water partition coefficient (Wildman–Crippen LogP) is 4.89. The number of hydrogen-bond acceptors (Lipinski definition) is 2. The smallest absolute Gasteiger partial charge is 0.0590 e. The van der Waals surface area contributed by atoms with Crippen LogP contribution in [0.1, 0.15) is 52.7 Å². The fourth-order valence-corrected chi connectivity index (χ4v) is 3.20. The maximum Gasteiger partial charge on any atom is 0.0590 e. The summed E-state index contributed by atoms with van der Waals surface area (Å²) in [5.41, 5.74) is 3.16. The first kappa shape index (κ1) is 12.6. The van der Waals surface area contributed by atoms with Crippen LogP contribution in [-0.4, -0.2) is 4.37 Å². The summed E-state index contributed by atoms with van der Waals surface area (Å²) in [5, 5.41) is 1.33. The van der Waals surface area contributed by atoms with E-state index in [1.54, 1.807) is 11.5 Å². The molecule has 0 saturated carbocycles. The normalized spacial score (nSPS) is 13.3. The first-order valence-corrected chi connectivity index (χ1v) is 6.87. The molecule has 2 rings (SSSR count). The van der Waals surface area contributed by atoms with Crippen molar-refractivity contribution in [2.75, 3.05) is 0 Å². The third-order valence-corrected chi connectivity index (χ3v) is 3.97. The Morgan fingerprint density at radius 1 is 0.882 bits per heavy atom. The largest absolute Gasteiger partial charge is 0.200 e. The molecule has 2 aromatic rings. The van der Waals surface area contributed by atoms with E-state index in [0.29, 0.717) is 0 Å². The van der Waals surface area contributed by atoms with Gasteiger partial charge in [0.15, 0.2) is 0 Å². The number of benzene rings is 1. The molecule has 0 spiro atoms. The van der Waals surface area contributed by atoms with Crippen molar-refractivity contribution in [3.8, 4) is 0 Å². The molecule has 0 atom stereocenters. The maximum atomic E-state index is 4.39. The molecule has 92 valence electrons. The van der Waals surface area contributed by atoms with Crippen molar-refractivity contribution in [1.29, 1.82) is 0 Å². The zero-order valence-electron chi connectivity index (χ0n) is 11.6. The van der Waals surface area contributed by atoms with E-state index in [0.717, 1.165) is 0 Å². The number of hydrogen-bond donors (Lipinski definition) is 0. The Bertz CT molecular complexity index is 490. The highest BCUT2D eigenvalue weighted by molar-refractivity contribution is 7.13. The molecule has 17 heavy (non-hydrogen) atoms. The molecule has 1 heterocycles. The lowest BCUT2D eigenvalue weighted by atomic mass is 9.80. The van der Waals surface area contributed by atoms with Crippen molar-refractivity contribution < 1.29 is 0 Å². The van der Waals surface area contributed by atoms with Crippen LogP contribution in [0.4, 0.5) is 0 Å². The molecule has 0 N–H and O–H groups in total. The van der Waals surface area contributed by atoms with Crippen LogP contribution in [0.3, 0.4) is 0 Å². The van der Waals surface area contributed by atoms with Gasteiger partial charge in [-0.2, -0.15) is 4.37 Å². The van der Waals surface area contributed by atoms with E-state index in [1.165, 1.54) is 21.2 Å². The van der Waals surface area contributed by atoms with Gasteiger partial charge < -0.3 is 0 Å². The molecule has 1 aromatic heterocycles. The van der Waals surface area contributed by atoms with E-state index in [1.807, 2.05) is 6.20 Å². The Labute approximate surface area is 108 Å². The molecule has 0 saturated heterocycles. The van der Waals surface area contributed by atoms with Crippen LogP contribution >= 0.6 is 11.5 Å². The Kier molecular flexibility index (Phi) is 2.81. The Balaban J connectivity index is 2.76. The third kappa shape index (κ3) is 2.23. The predicted molar refractivity (Wildman–Crippen MR) is 77.0 cm³/mol. The molecule has 0 amide bonds. The number of nitrogens with zero attached hydrogens (tertiary/aromatic N) is 1. The average Bonchev–Trinajstić information content (AvgIpc) is 2.60. The minimum atomic E-state index is 0.178. The molecule has 2 heteroatoms. The summed E-state index contributed by atoms with van der Waals surface area (Å²) in [6.45, 7) is 13.6. The van der Waals surface area contributed by atoms with Gasteiger partial charge in [-0.25, -0.2) is 0 Å². The summed E-state index contributed by atoms with van der Waals surface area (Å²) in [6.07, 6.45) is 2.02. The monoisotopic (exact) mass is 247 g/mol. The van der Waals surface area contributed by atoms with Gasteiger partial charge in [-0.05, 0) is 33.5 Å². The maximum absolute atomic E-state index is 4.39. The van der Waals surface area contributed by atoms with Crippen molar-refractivity contribution in [3.05, 3.63) is 29.5 Å². The van der Waals surface area contributed by atoms with Gasteiger partial charge >= 0.3 is 0 Å². The van der Waals surface area contributed by atoms with Crippen molar-refractivity contribution in [3.63, 3.8) is 0 Å². The molecular weight excluding hydrogens is 226 g/mol. The van der Waals surface area contributed by atoms with E-state index in [2.05, 4.69) is 58.0 Å². The van der Waals surface area contributed by atoms with Gasteiger partial charge in [0, 0.05) is 11.6 Å². The van der Waals surface area contributed by atoms with Gasteiger partial charge in [0.1, 0.15) is 0 Å². The lowest BCUT2D eigenvalue weighted by molar-refractivity contribution is 0.586. The van der Waals surface area contributed by atoms with Gasteiger partial charge in [0.2, 0.25) is 0 Å². The molecule has 0 aliphatic carbocycles. The number of fused-ring (bicyclic) bond motifs is 1. The summed E-state index contributed by atoms with van der Waals surface area (Å²) in [6, 6.07) is 4.55. The SMILES string of the molecule is CC(C)(C)c1ccc(C(C)(C)C)c2sncc12. The van der Waals surface area contributed by atoms with Gasteiger partial charge in [-0.1, -0.05) is 53.7 Å². The van der Waals surface area contributed by atoms with Crippen LogP contribution in [0.5, 0.6) is 0 Å². The Morgan fingerprint density at radius 2 is 1.41 bits per heavy atom. The number of rotatable bonds is 0. The Hall–Kier alpha value is -0.890. The van der Waals surface area contributed by atoms with E-state index in [4.69, 9.17) is 0 Å². The molecule has 0 fully saturated rings. The zero-order chi connectivity index (χ0) is 12.8. The minimum Gasteiger partial charge on any atom is -0.200 e. The van der Waals surface area contributed by atoms with Crippen LogP contribution < -0.4 is 0 Å². The fraction of sp³-hybridized carbons (Fsp3) is 0.533. The van der Waals surface area contributed by atoms with Crippen molar-refractivity contribution in [2.45, 2.75) is 52.4 Å². The fourth-order valence-electron chi connectivity index (χ4n) is 2.20. The van der Waals surface area contributed by atoms with Crippen LogP contribution in [-0.2, 0) is 10.8 Å². The first-order chi connectivity index (χ1) is 7.71. The van der Waals surface area contributed by atoms with Gasteiger partial charge in [0.25, 0.3) is 0 Å². The van der Waals surface area contributed by atoms with Gasteiger partial charge in [0.05, 0.1) is 4.70 Å². The second kappa shape index (κ2) is 3.81. The van der Waals surface area contributed by atoms with Crippen LogP contribution in [0.25, 0.3) is 10.1 Å². The second-order valence-corrected chi connectivity index (χ2v) is 7.53. The molecule has 0 aliphatic rings. The summed E-state index contributed by atoms with van der Waals surface area (Å²) in [4.78, 5) is 0. The molecule has 0 unspecified atom stereocenters. The van der Waals surface area contributed by atoms with E-state index in [-0.39, 0.29) is 10.8 Å². The minimum absolute atomic E-state index is 0.178. The lowest BCUT2D eigenvalue weighted by Crippen LogP contribution is -2.15. The summed E-state index contributed by atoms with van der Waals surface area (Å²) in [5.74, 6) is 0. The van der Waals surface area contributed by atoms with E-state index < -0.39 is 0 Å². The van der Waals surface area contributed by atoms with Crippen LogP contribution in [0, 0.1) is 0 Å². The van der Waals surface area contributed by atoms with Crippen LogP contribution in [0.2, 0.25) is 0 Å². The molecule has 0 bridgehead atoms. The topological polar surface area (TPSA) is 12.9 Å². The highest BCUT2D eigenvalue weighted by atomic mass is 32.1. The van der Waals surface area contributed by atoms with Crippen molar-refractivity contribution in [2.24, 2.45) is 0 Å².